The zero-order valence-electron chi connectivity index (χ0n) is 21.8. The number of hydrazine groups is 1. The number of rotatable bonds is 6. The van der Waals surface area contributed by atoms with Crippen molar-refractivity contribution in [2.24, 2.45) is 10.1 Å². The van der Waals surface area contributed by atoms with Crippen molar-refractivity contribution < 1.29 is 8.42 Å². The fourth-order valence-electron chi connectivity index (χ4n) is 4.62. The molecule has 2 aromatic rings. The molecule has 9 nitrogen and oxygen atoms in total. The SMILES string of the molecule is Cc1ccc(N2CCN(C)CC2)c(NN2CN=CC=C2N(c2ccccc2S(N)(=O)=O)C(C)(C)C)c1. The first-order valence-electron chi connectivity index (χ1n) is 12.2. The highest BCUT2D eigenvalue weighted by Crippen LogP contribution is 2.36. The Morgan fingerprint density at radius 3 is 2.42 bits per heavy atom. The van der Waals surface area contributed by atoms with Crippen LogP contribution < -0.4 is 20.4 Å². The van der Waals surface area contributed by atoms with Gasteiger partial charge >= 0.3 is 0 Å². The summed E-state index contributed by atoms with van der Waals surface area (Å²) in [5.41, 5.74) is 6.92. The third-order valence-corrected chi connectivity index (χ3v) is 7.35. The van der Waals surface area contributed by atoms with Gasteiger partial charge in [-0.15, -0.1) is 0 Å². The summed E-state index contributed by atoms with van der Waals surface area (Å²) in [6, 6.07) is 13.3. The van der Waals surface area contributed by atoms with Crippen molar-refractivity contribution in [2.45, 2.75) is 38.1 Å². The Hall–Kier alpha value is -3.08. The van der Waals surface area contributed by atoms with Gasteiger partial charge in [0.05, 0.1) is 17.1 Å². The summed E-state index contributed by atoms with van der Waals surface area (Å²) in [5.74, 6) is 0.777. The minimum atomic E-state index is -3.94. The van der Waals surface area contributed by atoms with Crippen LogP contribution in [0.15, 0.2) is 64.2 Å². The molecule has 0 unspecified atom stereocenters. The second-order valence-corrected chi connectivity index (χ2v) is 11.9. The van der Waals surface area contributed by atoms with Gasteiger partial charge in [-0.3, -0.25) is 15.4 Å². The third-order valence-electron chi connectivity index (χ3n) is 6.39. The molecule has 0 aliphatic carbocycles. The van der Waals surface area contributed by atoms with Crippen LogP contribution in [0.5, 0.6) is 0 Å². The Kier molecular flexibility index (Phi) is 7.31. The van der Waals surface area contributed by atoms with Crippen LogP contribution in [0.4, 0.5) is 17.1 Å². The summed E-state index contributed by atoms with van der Waals surface area (Å²) in [6.07, 6.45) is 3.65. The van der Waals surface area contributed by atoms with E-state index in [1.54, 1.807) is 24.4 Å². The van der Waals surface area contributed by atoms with Crippen LogP contribution in [0.1, 0.15) is 26.3 Å². The summed E-state index contributed by atoms with van der Waals surface area (Å²) in [5, 5.41) is 7.57. The molecular formula is C26H37N7O2S. The Morgan fingerprint density at radius 1 is 1.06 bits per heavy atom. The highest BCUT2D eigenvalue weighted by molar-refractivity contribution is 7.89. The van der Waals surface area contributed by atoms with Crippen LogP contribution in [0.2, 0.25) is 0 Å². The van der Waals surface area contributed by atoms with Gasteiger partial charge in [0.15, 0.2) is 0 Å². The maximum Gasteiger partial charge on any atom is 0.240 e. The van der Waals surface area contributed by atoms with E-state index in [2.05, 4.69) is 52.4 Å². The molecule has 0 spiro atoms. The van der Waals surface area contributed by atoms with Gasteiger partial charge in [-0.2, -0.15) is 0 Å². The molecule has 1 saturated heterocycles. The summed E-state index contributed by atoms with van der Waals surface area (Å²) in [6.45, 7) is 12.5. The summed E-state index contributed by atoms with van der Waals surface area (Å²) >= 11 is 0. The number of hydrogen-bond acceptors (Lipinski definition) is 8. The molecule has 0 saturated carbocycles. The Bertz CT molecular complexity index is 1260. The van der Waals surface area contributed by atoms with Crippen LogP contribution in [0, 0.1) is 6.92 Å². The summed E-state index contributed by atoms with van der Waals surface area (Å²) in [7, 11) is -1.79. The molecular weight excluding hydrogens is 474 g/mol. The van der Waals surface area contributed by atoms with Crippen molar-refractivity contribution in [3.05, 3.63) is 59.9 Å². The molecule has 2 aromatic carbocycles. The number of hydrogen-bond donors (Lipinski definition) is 2. The maximum absolute atomic E-state index is 12.5. The molecule has 0 atom stereocenters. The van der Waals surface area contributed by atoms with Crippen LogP contribution >= 0.6 is 0 Å². The van der Waals surface area contributed by atoms with E-state index in [-0.39, 0.29) is 4.90 Å². The molecule has 0 aromatic heterocycles. The molecule has 4 rings (SSSR count). The Morgan fingerprint density at radius 2 is 1.75 bits per heavy atom. The number of allylic oxidation sites excluding steroid dienone is 1. The molecule has 1 fully saturated rings. The van der Waals surface area contributed by atoms with Crippen molar-refractivity contribution >= 4 is 33.3 Å². The van der Waals surface area contributed by atoms with Crippen LogP contribution in [-0.2, 0) is 10.0 Å². The number of primary sulfonamides is 1. The number of sulfonamides is 1. The van der Waals surface area contributed by atoms with Gasteiger partial charge in [-0.05, 0) is 70.6 Å². The van der Waals surface area contributed by atoms with E-state index in [0.29, 0.717) is 12.4 Å². The van der Waals surface area contributed by atoms with Crippen molar-refractivity contribution in [3.8, 4) is 0 Å². The molecule has 36 heavy (non-hydrogen) atoms. The number of aryl methyl sites for hydroxylation is 1. The smallest absolute Gasteiger partial charge is 0.240 e. The minimum absolute atomic E-state index is 0.0805. The molecule has 10 heteroatoms. The first kappa shape index (κ1) is 26.0. The highest BCUT2D eigenvalue weighted by atomic mass is 32.2. The molecule has 0 radical (unpaired) electrons. The third kappa shape index (κ3) is 5.66. The number of para-hydroxylation sites is 1. The lowest BCUT2D eigenvalue weighted by Gasteiger charge is -2.45. The number of nitrogens with two attached hydrogens (primary N) is 1. The average Bonchev–Trinajstić information content (AvgIpc) is 2.80. The van der Waals surface area contributed by atoms with Crippen LogP contribution in [0.3, 0.4) is 0 Å². The normalized spacial score (nSPS) is 17.2. The Balaban J connectivity index is 1.74. The molecule has 2 aliphatic heterocycles. The monoisotopic (exact) mass is 511 g/mol. The van der Waals surface area contributed by atoms with Gasteiger partial charge in [0.2, 0.25) is 10.0 Å². The van der Waals surface area contributed by atoms with Gasteiger partial charge < -0.3 is 14.7 Å². The Labute approximate surface area is 214 Å². The van der Waals surface area contributed by atoms with E-state index in [4.69, 9.17) is 5.14 Å². The van der Waals surface area contributed by atoms with Gasteiger partial charge in [-0.1, -0.05) is 18.2 Å². The number of nitrogens with zero attached hydrogens (tertiary/aromatic N) is 5. The summed E-state index contributed by atoms with van der Waals surface area (Å²) in [4.78, 5) is 11.3. The van der Waals surface area contributed by atoms with Crippen molar-refractivity contribution in [2.75, 3.05) is 55.1 Å². The lowest BCUT2D eigenvalue weighted by molar-refractivity contribution is 0.312. The molecule has 2 aliphatic rings. The number of aliphatic imine (C=N–C) groups is 1. The lowest BCUT2D eigenvalue weighted by Crippen LogP contribution is -2.49. The topological polar surface area (TPSA) is 97.5 Å². The quantitative estimate of drug-likeness (QED) is 0.615. The van der Waals surface area contributed by atoms with Crippen molar-refractivity contribution in [1.29, 1.82) is 0 Å². The number of benzene rings is 2. The molecule has 0 bridgehead atoms. The van der Waals surface area contributed by atoms with Gasteiger partial charge in [0, 0.05) is 37.9 Å². The van der Waals surface area contributed by atoms with Crippen molar-refractivity contribution in [3.63, 3.8) is 0 Å². The van der Waals surface area contributed by atoms with Gasteiger partial charge in [-0.25, -0.2) is 13.6 Å². The van der Waals surface area contributed by atoms with E-state index in [9.17, 15) is 8.42 Å². The first-order valence-corrected chi connectivity index (χ1v) is 13.7. The number of likely N-dealkylation sites (N-methyl/N-ethyl adjacent to an activating group) is 1. The zero-order chi connectivity index (χ0) is 26.1. The number of piperazine rings is 1. The van der Waals surface area contributed by atoms with Crippen molar-refractivity contribution in [1.82, 2.24) is 9.91 Å². The fourth-order valence-corrected chi connectivity index (χ4v) is 5.34. The number of anilines is 3. The van der Waals surface area contributed by atoms with Gasteiger partial charge in [0.25, 0.3) is 0 Å². The average molecular weight is 512 g/mol. The molecule has 3 N–H and O–H groups in total. The fraction of sp³-hybridized carbons (Fsp3) is 0.423. The predicted octanol–water partition coefficient (Wildman–Crippen LogP) is 3.21. The van der Waals surface area contributed by atoms with E-state index in [0.717, 1.165) is 48.9 Å². The van der Waals surface area contributed by atoms with E-state index in [1.165, 1.54) is 0 Å². The maximum atomic E-state index is 12.5. The molecule has 2 heterocycles. The standard InChI is InChI=1S/C26H37N7O2S/c1-20-10-11-22(31-16-14-30(5)15-17-31)21(18-20)29-32-19-28-13-12-25(32)33(26(2,3)4)23-8-6-7-9-24(23)36(27,34)35/h6-13,18,29H,14-17,19H2,1-5H3,(H2,27,34,35). The number of nitrogens with one attached hydrogen (secondary N) is 1. The van der Waals surface area contributed by atoms with E-state index < -0.39 is 15.6 Å². The minimum Gasteiger partial charge on any atom is -0.367 e. The highest BCUT2D eigenvalue weighted by Gasteiger charge is 2.33. The second kappa shape index (κ2) is 10.1. The lowest BCUT2D eigenvalue weighted by atomic mass is 10.0. The summed E-state index contributed by atoms with van der Waals surface area (Å²) < 4.78 is 25.0. The first-order chi connectivity index (χ1) is 16.9. The molecule has 0 amide bonds. The van der Waals surface area contributed by atoms with E-state index >= 15 is 0 Å². The van der Waals surface area contributed by atoms with Gasteiger partial charge in [0.1, 0.15) is 17.4 Å². The largest absolute Gasteiger partial charge is 0.367 e. The predicted molar refractivity (Wildman–Crippen MR) is 148 cm³/mol. The second-order valence-electron chi connectivity index (χ2n) is 10.4. The van der Waals surface area contributed by atoms with Crippen LogP contribution in [-0.4, -0.2) is 70.0 Å². The zero-order valence-corrected chi connectivity index (χ0v) is 22.6. The van der Waals surface area contributed by atoms with E-state index in [1.807, 2.05) is 42.8 Å². The van der Waals surface area contributed by atoms with Crippen LogP contribution in [0.25, 0.3) is 0 Å². The molecule has 194 valence electrons.